The summed E-state index contributed by atoms with van der Waals surface area (Å²) < 4.78 is 6.76. The molecule has 2 amide bonds. The van der Waals surface area contributed by atoms with Gasteiger partial charge in [0.2, 0.25) is 0 Å². The van der Waals surface area contributed by atoms with Gasteiger partial charge < -0.3 is 10.1 Å². The van der Waals surface area contributed by atoms with E-state index in [4.69, 9.17) is 4.74 Å². The molecule has 8 nitrogen and oxygen atoms in total. The molecule has 162 valence electrons. The van der Waals surface area contributed by atoms with Crippen LogP contribution < -0.4 is 20.5 Å². The molecule has 3 rings (SSSR count). The predicted molar refractivity (Wildman–Crippen MR) is 120 cm³/mol. The highest BCUT2D eigenvalue weighted by Gasteiger charge is 2.13. The normalized spacial score (nSPS) is 10.9. The van der Waals surface area contributed by atoms with Gasteiger partial charge in [-0.2, -0.15) is 0 Å². The monoisotopic (exact) mass is 422 g/mol. The van der Waals surface area contributed by atoms with E-state index in [2.05, 4.69) is 10.3 Å². The zero-order chi connectivity index (χ0) is 22.5. The predicted octanol–water partition coefficient (Wildman–Crippen LogP) is 3.25. The van der Waals surface area contributed by atoms with Crippen molar-refractivity contribution in [2.45, 2.75) is 39.8 Å². The topological polar surface area (TPSA) is 93.5 Å². The van der Waals surface area contributed by atoms with E-state index in [0.29, 0.717) is 22.3 Å². The van der Waals surface area contributed by atoms with Gasteiger partial charge in [-0.1, -0.05) is 12.1 Å². The number of aromatic nitrogens is 2. The second kappa shape index (κ2) is 9.42. The van der Waals surface area contributed by atoms with E-state index in [1.54, 1.807) is 37.4 Å². The summed E-state index contributed by atoms with van der Waals surface area (Å²) in [7, 11) is 1.66. The number of ether oxygens (including phenoxy) is 1. The fraction of sp³-hybridized carbons (Fsp3) is 0.304. The molecule has 1 aromatic heterocycles. The van der Waals surface area contributed by atoms with Gasteiger partial charge in [0.05, 0.1) is 23.7 Å². The molecule has 1 N–H and O–H groups in total. The Hall–Kier alpha value is -3.68. The number of anilines is 1. The van der Waals surface area contributed by atoms with Crippen molar-refractivity contribution in [1.82, 2.24) is 14.9 Å². The lowest BCUT2D eigenvalue weighted by molar-refractivity contribution is -0.134. The highest BCUT2D eigenvalue weighted by Crippen LogP contribution is 2.19. The van der Waals surface area contributed by atoms with Crippen LogP contribution in [0.3, 0.4) is 0 Å². The van der Waals surface area contributed by atoms with Gasteiger partial charge in [-0.05, 0) is 56.7 Å². The van der Waals surface area contributed by atoms with Crippen molar-refractivity contribution >= 4 is 28.6 Å². The first kappa shape index (κ1) is 22.0. The maximum atomic E-state index is 12.6. The smallest absolute Gasteiger partial charge is 0.321 e. The van der Waals surface area contributed by atoms with Gasteiger partial charge >= 0.3 is 12.0 Å². The van der Waals surface area contributed by atoms with Crippen molar-refractivity contribution < 1.29 is 14.3 Å². The van der Waals surface area contributed by atoms with Crippen LogP contribution in [-0.4, -0.2) is 34.6 Å². The van der Waals surface area contributed by atoms with Crippen molar-refractivity contribution in [3.05, 3.63) is 64.7 Å². The molecule has 0 bridgehead atoms. The van der Waals surface area contributed by atoms with Crippen molar-refractivity contribution in [2.24, 2.45) is 0 Å². The van der Waals surface area contributed by atoms with E-state index < -0.39 is 5.97 Å². The first-order valence-electron chi connectivity index (χ1n) is 10.1. The standard InChI is InChI=1S/C23H26N4O4/c1-15(2)25-23(30)26(4)17-8-10-18(11-9-17)31-20(28)12-13-27-14-24-21-16(3)6-5-7-19(21)22(27)29/h5-11,14-15H,12-13H2,1-4H3,(H,25,30). The number of fused-ring (bicyclic) bond motifs is 1. The number of amides is 2. The lowest BCUT2D eigenvalue weighted by atomic mass is 10.1. The molecule has 0 unspecified atom stereocenters. The van der Waals surface area contributed by atoms with Gasteiger partial charge in [0.25, 0.3) is 5.56 Å². The SMILES string of the molecule is Cc1cccc2c(=O)n(CCC(=O)Oc3ccc(N(C)C(=O)NC(C)C)cc3)cnc12. The van der Waals surface area contributed by atoms with Crippen molar-refractivity contribution in [1.29, 1.82) is 0 Å². The highest BCUT2D eigenvalue weighted by atomic mass is 16.5. The molecule has 0 saturated carbocycles. The molecule has 0 radical (unpaired) electrons. The third-order valence-corrected chi connectivity index (χ3v) is 4.78. The molecule has 1 heterocycles. The van der Waals surface area contributed by atoms with Crippen LogP contribution in [0, 0.1) is 6.92 Å². The summed E-state index contributed by atoms with van der Waals surface area (Å²) >= 11 is 0. The second-order valence-corrected chi connectivity index (χ2v) is 7.60. The molecule has 0 aliphatic heterocycles. The number of nitrogens with one attached hydrogen (secondary N) is 1. The third-order valence-electron chi connectivity index (χ3n) is 4.78. The third kappa shape index (κ3) is 5.28. The number of carbonyl (C=O) groups is 2. The number of rotatable bonds is 6. The lowest BCUT2D eigenvalue weighted by Gasteiger charge is -2.20. The zero-order valence-electron chi connectivity index (χ0n) is 18.1. The Balaban J connectivity index is 1.60. The maximum absolute atomic E-state index is 12.6. The number of aryl methyl sites for hydroxylation is 2. The summed E-state index contributed by atoms with van der Waals surface area (Å²) in [5.41, 5.74) is 2.07. The van der Waals surface area contributed by atoms with Gasteiger partial charge in [0.1, 0.15) is 5.75 Å². The van der Waals surface area contributed by atoms with E-state index in [9.17, 15) is 14.4 Å². The maximum Gasteiger partial charge on any atom is 0.321 e. The molecule has 0 spiro atoms. The zero-order valence-corrected chi connectivity index (χ0v) is 18.1. The minimum Gasteiger partial charge on any atom is -0.426 e. The minimum atomic E-state index is -0.463. The summed E-state index contributed by atoms with van der Waals surface area (Å²) in [6, 6.07) is 11.9. The summed E-state index contributed by atoms with van der Waals surface area (Å²) in [6.07, 6.45) is 1.48. The molecule has 0 fully saturated rings. The van der Waals surface area contributed by atoms with Crippen molar-refractivity contribution in [3.63, 3.8) is 0 Å². The van der Waals surface area contributed by atoms with Gasteiger partial charge in [-0.25, -0.2) is 9.78 Å². The second-order valence-electron chi connectivity index (χ2n) is 7.60. The number of nitrogens with zero attached hydrogens (tertiary/aromatic N) is 3. The lowest BCUT2D eigenvalue weighted by Crippen LogP contribution is -2.40. The van der Waals surface area contributed by atoms with E-state index in [0.717, 1.165) is 5.56 Å². The molecule has 0 aliphatic carbocycles. The minimum absolute atomic E-state index is 0.0252. The van der Waals surface area contributed by atoms with E-state index >= 15 is 0 Å². The largest absolute Gasteiger partial charge is 0.426 e. The summed E-state index contributed by atoms with van der Waals surface area (Å²) in [5.74, 6) is -0.0964. The van der Waals surface area contributed by atoms with Gasteiger partial charge in [-0.3, -0.25) is 19.1 Å². The average Bonchev–Trinajstić information content (AvgIpc) is 2.73. The molecule has 8 heteroatoms. The summed E-state index contributed by atoms with van der Waals surface area (Å²) in [4.78, 5) is 42.7. The molecule has 2 aromatic carbocycles. The molecule has 31 heavy (non-hydrogen) atoms. The molecular formula is C23H26N4O4. The van der Waals surface area contributed by atoms with Crippen molar-refractivity contribution in [3.8, 4) is 5.75 Å². The average molecular weight is 422 g/mol. The van der Waals surface area contributed by atoms with Crippen molar-refractivity contribution in [2.75, 3.05) is 11.9 Å². The van der Waals surface area contributed by atoms with Crippen LogP contribution in [-0.2, 0) is 11.3 Å². The van der Waals surface area contributed by atoms with Crippen LogP contribution in [0.1, 0.15) is 25.8 Å². The Morgan fingerprint density at radius 3 is 2.55 bits per heavy atom. The van der Waals surface area contributed by atoms with Gasteiger partial charge in [0.15, 0.2) is 0 Å². The number of hydrogen-bond acceptors (Lipinski definition) is 5. The van der Waals surface area contributed by atoms with Crippen LogP contribution in [0.15, 0.2) is 53.6 Å². The number of benzene rings is 2. The van der Waals surface area contributed by atoms with E-state index in [1.807, 2.05) is 32.9 Å². The first-order chi connectivity index (χ1) is 14.8. The Morgan fingerprint density at radius 1 is 1.16 bits per heavy atom. The molecule has 0 atom stereocenters. The summed E-state index contributed by atoms with van der Waals surface area (Å²) in [6.45, 7) is 5.84. The van der Waals surface area contributed by atoms with E-state index in [1.165, 1.54) is 15.8 Å². The van der Waals surface area contributed by atoms with Crippen LogP contribution in [0.2, 0.25) is 0 Å². The van der Waals surface area contributed by atoms with Gasteiger partial charge in [-0.15, -0.1) is 0 Å². The summed E-state index contributed by atoms with van der Waals surface area (Å²) in [5, 5.41) is 3.33. The Kier molecular flexibility index (Phi) is 6.69. The number of esters is 1. The van der Waals surface area contributed by atoms with Crippen LogP contribution in [0.4, 0.5) is 10.5 Å². The van der Waals surface area contributed by atoms with E-state index in [-0.39, 0.29) is 30.6 Å². The van der Waals surface area contributed by atoms with Gasteiger partial charge in [0, 0.05) is 25.3 Å². The fourth-order valence-corrected chi connectivity index (χ4v) is 3.09. The number of carbonyl (C=O) groups excluding carboxylic acids is 2. The molecular weight excluding hydrogens is 396 g/mol. The number of urea groups is 1. The highest BCUT2D eigenvalue weighted by molar-refractivity contribution is 5.91. The Morgan fingerprint density at radius 2 is 1.87 bits per heavy atom. The van der Waals surface area contributed by atoms with Crippen LogP contribution in [0.5, 0.6) is 5.75 Å². The van der Waals surface area contributed by atoms with Crippen LogP contribution >= 0.6 is 0 Å². The quantitative estimate of drug-likeness (QED) is 0.486. The number of para-hydroxylation sites is 1. The fourth-order valence-electron chi connectivity index (χ4n) is 3.09. The Labute approximate surface area is 180 Å². The molecule has 3 aromatic rings. The molecule has 0 saturated heterocycles. The molecule has 0 aliphatic rings. The van der Waals surface area contributed by atoms with Crippen LogP contribution in [0.25, 0.3) is 10.9 Å². The number of hydrogen-bond donors (Lipinski definition) is 1. The Bertz CT molecular complexity index is 1150. The first-order valence-corrected chi connectivity index (χ1v) is 10.1.